The van der Waals surface area contributed by atoms with E-state index in [-0.39, 0.29) is 23.0 Å². The number of benzene rings is 1. The summed E-state index contributed by atoms with van der Waals surface area (Å²) in [6.45, 7) is 4.13. The van der Waals surface area contributed by atoms with Crippen LogP contribution in [0.15, 0.2) is 29.2 Å². The summed E-state index contributed by atoms with van der Waals surface area (Å²) < 4.78 is 27.4. The molecule has 2 amide bonds. The van der Waals surface area contributed by atoms with Crippen LogP contribution in [0.25, 0.3) is 0 Å². The molecule has 2 atom stereocenters. The Morgan fingerprint density at radius 2 is 1.86 bits per heavy atom. The van der Waals surface area contributed by atoms with Gasteiger partial charge in [-0.05, 0) is 31.5 Å². The van der Waals surface area contributed by atoms with Gasteiger partial charge in [0, 0.05) is 14.2 Å². The van der Waals surface area contributed by atoms with Crippen molar-refractivity contribution in [2.45, 2.75) is 30.8 Å². The van der Waals surface area contributed by atoms with Crippen LogP contribution in [0.4, 0.5) is 4.79 Å². The lowest BCUT2D eigenvalue weighted by Crippen LogP contribution is -2.44. The van der Waals surface area contributed by atoms with Crippen molar-refractivity contribution in [1.82, 2.24) is 10.2 Å². The van der Waals surface area contributed by atoms with E-state index in [4.69, 9.17) is 9.88 Å². The number of primary sulfonamides is 1. The van der Waals surface area contributed by atoms with E-state index in [9.17, 15) is 13.2 Å². The summed E-state index contributed by atoms with van der Waals surface area (Å²) >= 11 is 0. The minimum atomic E-state index is -3.71. The maximum atomic E-state index is 12.1. The number of hydrogen-bond acceptors (Lipinski definition) is 4. The van der Waals surface area contributed by atoms with Crippen LogP contribution < -0.4 is 10.5 Å². The van der Waals surface area contributed by atoms with Crippen LogP contribution in [0, 0.1) is 0 Å². The quantitative estimate of drug-likeness (QED) is 0.815. The number of amides is 2. The zero-order chi connectivity index (χ0) is 16.9. The van der Waals surface area contributed by atoms with Crippen LogP contribution in [0.5, 0.6) is 0 Å². The molecule has 3 N–H and O–H groups in total. The third-order valence-electron chi connectivity index (χ3n) is 3.38. The Labute approximate surface area is 131 Å². The van der Waals surface area contributed by atoms with Crippen LogP contribution in [0.1, 0.15) is 25.5 Å². The summed E-state index contributed by atoms with van der Waals surface area (Å²) in [4.78, 5) is 13.7. The van der Waals surface area contributed by atoms with Gasteiger partial charge < -0.3 is 15.0 Å². The van der Waals surface area contributed by atoms with Crippen LogP contribution in [0.3, 0.4) is 0 Å². The largest absolute Gasteiger partial charge is 0.383 e. The Morgan fingerprint density at radius 3 is 2.32 bits per heavy atom. The maximum absolute atomic E-state index is 12.1. The first kappa shape index (κ1) is 18.4. The molecule has 0 radical (unpaired) electrons. The monoisotopic (exact) mass is 329 g/mol. The summed E-state index contributed by atoms with van der Waals surface area (Å²) in [6.07, 6.45) is 0. The highest BCUT2D eigenvalue weighted by molar-refractivity contribution is 7.89. The Balaban J connectivity index is 2.78. The maximum Gasteiger partial charge on any atom is 0.317 e. The number of nitrogens with zero attached hydrogens (tertiary/aromatic N) is 1. The number of hydrogen-bond donors (Lipinski definition) is 2. The molecule has 0 unspecified atom stereocenters. The molecule has 124 valence electrons. The molecule has 0 saturated heterocycles. The average molecular weight is 329 g/mol. The fourth-order valence-corrected chi connectivity index (χ4v) is 2.46. The van der Waals surface area contributed by atoms with Gasteiger partial charge in [0.05, 0.1) is 23.6 Å². The van der Waals surface area contributed by atoms with Crippen LogP contribution in [-0.4, -0.2) is 46.2 Å². The number of sulfonamides is 1. The zero-order valence-electron chi connectivity index (χ0n) is 13.2. The van der Waals surface area contributed by atoms with Crippen LogP contribution >= 0.6 is 0 Å². The molecule has 0 aromatic heterocycles. The highest BCUT2D eigenvalue weighted by atomic mass is 32.2. The highest BCUT2D eigenvalue weighted by Gasteiger charge is 2.19. The number of rotatable bonds is 6. The number of nitrogens with one attached hydrogen (secondary N) is 1. The summed E-state index contributed by atoms with van der Waals surface area (Å²) in [5.41, 5.74) is 0.810. The van der Waals surface area contributed by atoms with Gasteiger partial charge in [-0.3, -0.25) is 0 Å². The van der Waals surface area contributed by atoms with E-state index in [2.05, 4.69) is 5.32 Å². The van der Waals surface area contributed by atoms with Gasteiger partial charge in [-0.25, -0.2) is 18.4 Å². The molecule has 8 heteroatoms. The lowest BCUT2D eigenvalue weighted by molar-refractivity contribution is 0.158. The smallest absolute Gasteiger partial charge is 0.317 e. The van der Waals surface area contributed by atoms with Crippen LogP contribution in [-0.2, 0) is 14.8 Å². The topological polar surface area (TPSA) is 102 Å². The van der Waals surface area contributed by atoms with Gasteiger partial charge in [-0.15, -0.1) is 0 Å². The first-order valence-corrected chi connectivity index (χ1v) is 8.36. The van der Waals surface area contributed by atoms with Crippen molar-refractivity contribution < 1.29 is 17.9 Å². The van der Waals surface area contributed by atoms with E-state index >= 15 is 0 Å². The van der Waals surface area contributed by atoms with E-state index < -0.39 is 10.0 Å². The van der Waals surface area contributed by atoms with Crippen molar-refractivity contribution in [3.8, 4) is 0 Å². The molecule has 0 aliphatic rings. The second kappa shape index (κ2) is 7.57. The number of nitrogens with two attached hydrogens (primary N) is 1. The standard InChI is InChI=1S/C14H23N3O4S/c1-10(9-21-4)16-14(18)17(3)11(2)12-5-7-13(8-6-12)22(15,19)20/h5-8,10-11H,9H2,1-4H3,(H,16,18)(H2,15,19,20)/t10-,11-/m1/s1. The molecule has 0 bridgehead atoms. The molecule has 1 rings (SSSR count). The normalized spacial score (nSPS) is 14.2. The number of urea groups is 1. The van der Waals surface area contributed by atoms with E-state index in [1.54, 1.807) is 26.3 Å². The second-order valence-electron chi connectivity index (χ2n) is 5.21. The second-order valence-corrected chi connectivity index (χ2v) is 6.77. The molecule has 0 aliphatic heterocycles. The van der Waals surface area contributed by atoms with Gasteiger partial charge in [0.1, 0.15) is 0 Å². The number of ether oxygens (including phenoxy) is 1. The molecule has 1 aromatic carbocycles. The molecule has 0 saturated carbocycles. The molecular formula is C14H23N3O4S. The molecule has 7 nitrogen and oxygen atoms in total. The van der Waals surface area contributed by atoms with Gasteiger partial charge in [-0.1, -0.05) is 12.1 Å². The predicted molar refractivity (Wildman–Crippen MR) is 83.9 cm³/mol. The van der Waals surface area contributed by atoms with E-state index in [0.29, 0.717) is 6.61 Å². The number of carbonyl (C=O) groups excluding carboxylic acids is 1. The summed E-state index contributed by atoms with van der Waals surface area (Å²) in [5, 5.41) is 7.87. The third-order valence-corrected chi connectivity index (χ3v) is 4.31. The fourth-order valence-electron chi connectivity index (χ4n) is 1.94. The SMILES string of the molecule is COC[C@@H](C)NC(=O)N(C)[C@H](C)c1ccc(S(N)(=O)=O)cc1. The molecule has 0 aliphatic carbocycles. The number of methoxy groups -OCH3 is 1. The molecule has 0 fully saturated rings. The van der Waals surface area contributed by atoms with Crippen molar-refractivity contribution in [3.05, 3.63) is 29.8 Å². The van der Waals surface area contributed by atoms with Gasteiger partial charge >= 0.3 is 6.03 Å². The summed E-state index contributed by atoms with van der Waals surface area (Å²) in [6, 6.07) is 5.61. The van der Waals surface area contributed by atoms with Gasteiger partial charge in [0.25, 0.3) is 0 Å². The lowest BCUT2D eigenvalue weighted by Gasteiger charge is -2.27. The zero-order valence-corrected chi connectivity index (χ0v) is 14.1. The van der Waals surface area contributed by atoms with E-state index in [1.807, 2.05) is 13.8 Å². The van der Waals surface area contributed by atoms with Crippen molar-refractivity contribution in [1.29, 1.82) is 0 Å². The minimum Gasteiger partial charge on any atom is -0.383 e. The molecule has 1 aromatic rings. The Hall–Kier alpha value is -1.64. The van der Waals surface area contributed by atoms with Crippen molar-refractivity contribution >= 4 is 16.1 Å². The Kier molecular flexibility index (Phi) is 6.34. The molecule has 0 heterocycles. The summed E-state index contributed by atoms with van der Waals surface area (Å²) in [5.74, 6) is 0. The average Bonchev–Trinajstić information content (AvgIpc) is 2.45. The van der Waals surface area contributed by atoms with Crippen molar-refractivity contribution in [3.63, 3.8) is 0 Å². The van der Waals surface area contributed by atoms with E-state index in [1.165, 1.54) is 17.0 Å². The van der Waals surface area contributed by atoms with Crippen molar-refractivity contribution in [2.24, 2.45) is 5.14 Å². The summed E-state index contributed by atoms with van der Waals surface area (Å²) in [7, 11) is -0.466. The fraction of sp³-hybridized carbons (Fsp3) is 0.500. The molecule has 0 spiro atoms. The van der Waals surface area contributed by atoms with Crippen molar-refractivity contribution in [2.75, 3.05) is 20.8 Å². The molecule has 22 heavy (non-hydrogen) atoms. The number of carbonyl (C=O) groups is 1. The van der Waals surface area contributed by atoms with Gasteiger partial charge in [0.2, 0.25) is 10.0 Å². The van der Waals surface area contributed by atoms with Gasteiger partial charge in [-0.2, -0.15) is 0 Å². The third kappa shape index (κ3) is 4.97. The first-order chi connectivity index (χ1) is 10.2. The Bertz CT molecular complexity index is 601. The van der Waals surface area contributed by atoms with Crippen LogP contribution in [0.2, 0.25) is 0 Å². The minimum absolute atomic E-state index is 0.0456. The molecular weight excluding hydrogens is 306 g/mol. The van der Waals surface area contributed by atoms with E-state index in [0.717, 1.165) is 5.56 Å². The Morgan fingerprint density at radius 1 is 1.32 bits per heavy atom. The lowest BCUT2D eigenvalue weighted by atomic mass is 10.1. The predicted octanol–water partition coefficient (Wildman–Crippen LogP) is 1.07. The highest BCUT2D eigenvalue weighted by Crippen LogP contribution is 2.20. The first-order valence-electron chi connectivity index (χ1n) is 6.81. The van der Waals surface area contributed by atoms with Gasteiger partial charge in [0.15, 0.2) is 0 Å².